The summed E-state index contributed by atoms with van der Waals surface area (Å²) in [6, 6.07) is 4.25. The number of carbonyl (C=O) groups excluding carboxylic acids is 1. The van der Waals surface area contributed by atoms with Crippen LogP contribution < -0.4 is 5.32 Å². The summed E-state index contributed by atoms with van der Waals surface area (Å²) in [6.45, 7) is 2.32. The molecule has 1 amide bonds. The van der Waals surface area contributed by atoms with Crippen LogP contribution in [0.2, 0.25) is 0 Å². The Morgan fingerprint density at radius 2 is 2.22 bits per heavy atom. The minimum Gasteiger partial charge on any atom is -0.476 e. The average Bonchev–Trinajstić information content (AvgIpc) is 3.28. The Kier molecular flexibility index (Phi) is 7.19. The lowest BCUT2D eigenvalue weighted by Gasteiger charge is -2.25. The molecule has 144 valence electrons. The molecule has 1 saturated heterocycles. The van der Waals surface area contributed by atoms with Gasteiger partial charge in [0.05, 0.1) is 0 Å². The highest BCUT2D eigenvalue weighted by Crippen LogP contribution is 2.24. The van der Waals surface area contributed by atoms with Crippen LogP contribution in [0.15, 0.2) is 34.2 Å². The van der Waals surface area contributed by atoms with E-state index in [1.807, 2.05) is 17.0 Å². The van der Waals surface area contributed by atoms with Crippen molar-refractivity contribution in [2.24, 2.45) is 0 Å². The number of aromatic nitrogens is 2. The molecule has 9 heteroatoms. The second kappa shape index (κ2) is 9.82. The number of carboxylic acids is 1. The van der Waals surface area contributed by atoms with E-state index < -0.39 is 5.97 Å². The molecule has 1 atom stereocenters. The largest absolute Gasteiger partial charge is 0.476 e. The molecule has 0 saturated carbocycles. The number of aromatic carboxylic acids is 1. The molecule has 0 aliphatic carbocycles. The number of hydrogen-bond acceptors (Lipinski definition) is 7. The highest BCUT2D eigenvalue weighted by molar-refractivity contribution is 8.01. The molecule has 0 spiro atoms. The van der Waals surface area contributed by atoms with Gasteiger partial charge >= 0.3 is 5.97 Å². The van der Waals surface area contributed by atoms with Crippen LogP contribution in [0, 0.1) is 0 Å². The van der Waals surface area contributed by atoms with Crippen LogP contribution in [0.1, 0.15) is 28.9 Å². The molecule has 3 heterocycles. The van der Waals surface area contributed by atoms with Gasteiger partial charge in [0.25, 0.3) is 0 Å². The zero-order chi connectivity index (χ0) is 19.1. The predicted octanol–water partition coefficient (Wildman–Crippen LogP) is 2.15. The van der Waals surface area contributed by atoms with E-state index in [2.05, 4.69) is 15.3 Å². The summed E-state index contributed by atoms with van der Waals surface area (Å²) in [4.78, 5) is 33.1. The molecule has 2 aromatic heterocycles. The molecular formula is C18H22N4O3S2. The Hall–Kier alpha value is -1.97. The van der Waals surface area contributed by atoms with Gasteiger partial charge in [-0.1, -0.05) is 11.8 Å². The fourth-order valence-electron chi connectivity index (χ4n) is 3.02. The van der Waals surface area contributed by atoms with Gasteiger partial charge in [0.1, 0.15) is 0 Å². The third kappa shape index (κ3) is 5.75. The fraction of sp³-hybridized carbons (Fsp3) is 0.444. The van der Waals surface area contributed by atoms with Crippen molar-refractivity contribution in [2.75, 3.05) is 25.4 Å². The summed E-state index contributed by atoms with van der Waals surface area (Å²) < 4.78 is 0.728. The van der Waals surface area contributed by atoms with Gasteiger partial charge in [-0.25, -0.2) is 9.78 Å². The van der Waals surface area contributed by atoms with Crippen molar-refractivity contribution >= 4 is 35.0 Å². The molecule has 2 aromatic rings. The molecule has 0 aromatic carbocycles. The Morgan fingerprint density at radius 1 is 1.41 bits per heavy atom. The molecule has 3 rings (SSSR count). The van der Waals surface area contributed by atoms with Gasteiger partial charge < -0.3 is 15.3 Å². The Labute approximate surface area is 166 Å². The van der Waals surface area contributed by atoms with E-state index in [1.54, 1.807) is 17.8 Å². The van der Waals surface area contributed by atoms with Crippen molar-refractivity contribution in [1.29, 1.82) is 0 Å². The molecule has 27 heavy (non-hydrogen) atoms. The number of thiazole rings is 1. The van der Waals surface area contributed by atoms with E-state index in [-0.39, 0.29) is 17.6 Å². The van der Waals surface area contributed by atoms with E-state index in [4.69, 9.17) is 5.11 Å². The third-order valence-electron chi connectivity index (χ3n) is 4.43. The minimum atomic E-state index is -1.01. The Morgan fingerprint density at radius 3 is 2.96 bits per heavy atom. The number of hydrogen-bond donors (Lipinski definition) is 2. The lowest BCUT2D eigenvalue weighted by atomic mass is 10.2. The van der Waals surface area contributed by atoms with Crippen LogP contribution in [0.4, 0.5) is 0 Å². The van der Waals surface area contributed by atoms with Gasteiger partial charge in [-0.2, -0.15) is 0 Å². The Bertz CT molecular complexity index is 769. The number of likely N-dealkylation sites (tertiary alicyclic amines) is 1. The number of rotatable bonds is 10. The van der Waals surface area contributed by atoms with Crippen LogP contribution in [-0.4, -0.2) is 63.3 Å². The fourth-order valence-corrected chi connectivity index (χ4v) is 4.83. The van der Waals surface area contributed by atoms with Crippen molar-refractivity contribution in [3.8, 4) is 0 Å². The first-order valence-corrected chi connectivity index (χ1v) is 10.7. The lowest BCUT2D eigenvalue weighted by molar-refractivity contribution is -0.128. The molecule has 0 radical (unpaired) electrons. The first-order chi connectivity index (χ1) is 13.1. The average molecular weight is 407 g/mol. The van der Waals surface area contributed by atoms with Crippen molar-refractivity contribution in [3.63, 3.8) is 0 Å². The van der Waals surface area contributed by atoms with E-state index >= 15 is 0 Å². The highest BCUT2D eigenvalue weighted by Gasteiger charge is 2.30. The van der Waals surface area contributed by atoms with Crippen LogP contribution >= 0.6 is 23.1 Å². The molecule has 1 fully saturated rings. The van der Waals surface area contributed by atoms with Gasteiger partial charge in [-0.3, -0.25) is 9.78 Å². The number of carbonyl (C=O) groups is 2. The van der Waals surface area contributed by atoms with Crippen molar-refractivity contribution in [3.05, 3.63) is 41.2 Å². The third-order valence-corrected chi connectivity index (χ3v) is 6.43. The SMILES string of the molecule is O=C(O)c1csc(SCCN2C(=O)CC[C@@H]2CNCCc2ccncc2)n1. The maximum atomic E-state index is 12.2. The monoisotopic (exact) mass is 406 g/mol. The topological polar surface area (TPSA) is 95.4 Å². The van der Waals surface area contributed by atoms with Gasteiger partial charge in [0, 0.05) is 49.1 Å². The number of amides is 1. The van der Waals surface area contributed by atoms with Gasteiger partial charge in [0.2, 0.25) is 5.91 Å². The van der Waals surface area contributed by atoms with Crippen LogP contribution in [0.3, 0.4) is 0 Å². The number of thioether (sulfide) groups is 1. The van der Waals surface area contributed by atoms with E-state index in [0.29, 0.717) is 18.7 Å². The standard InChI is InChI=1S/C18H22N4O3S2/c23-16-2-1-14(11-20-8-5-13-3-6-19-7-4-13)22(16)9-10-26-18-21-15(12-27-18)17(24)25/h3-4,6-7,12,14,20H,1-2,5,8-11H2,(H,24,25)/t14-/m1/s1. The summed E-state index contributed by atoms with van der Waals surface area (Å²) in [5, 5.41) is 13.9. The normalized spacial score (nSPS) is 16.8. The predicted molar refractivity (Wildman–Crippen MR) is 105 cm³/mol. The van der Waals surface area contributed by atoms with Gasteiger partial charge in [0.15, 0.2) is 10.0 Å². The molecule has 0 unspecified atom stereocenters. The first-order valence-electron chi connectivity index (χ1n) is 8.84. The zero-order valence-electron chi connectivity index (χ0n) is 14.8. The lowest BCUT2D eigenvalue weighted by Crippen LogP contribution is -2.41. The summed E-state index contributed by atoms with van der Waals surface area (Å²) in [5.74, 6) is -0.0983. The van der Waals surface area contributed by atoms with E-state index in [0.717, 1.165) is 30.3 Å². The zero-order valence-corrected chi connectivity index (χ0v) is 16.5. The Balaban J connectivity index is 1.40. The van der Waals surface area contributed by atoms with Gasteiger partial charge in [-0.05, 0) is 37.1 Å². The minimum absolute atomic E-state index is 0.0797. The van der Waals surface area contributed by atoms with Crippen LogP contribution in [0.5, 0.6) is 0 Å². The van der Waals surface area contributed by atoms with E-state index in [9.17, 15) is 9.59 Å². The van der Waals surface area contributed by atoms with Crippen LogP contribution in [-0.2, 0) is 11.2 Å². The molecule has 1 aliphatic heterocycles. The van der Waals surface area contributed by atoms with Crippen LogP contribution in [0.25, 0.3) is 0 Å². The van der Waals surface area contributed by atoms with Crippen molar-refractivity contribution < 1.29 is 14.7 Å². The number of pyridine rings is 1. The quantitative estimate of drug-likeness (QED) is 0.461. The summed E-state index contributed by atoms with van der Waals surface area (Å²) in [5.41, 5.74) is 1.33. The second-order valence-corrected chi connectivity index (χ2v) is 8.44. The van der Waals surface area contributed by atoms with Gasteiger partial charge in [-0.15, -0.1) is 11.3 Å². The first kappa shape index (κ1) is 19.8. The molecule has 7 nitrogen and oxygen atoms in total. The van der Waals surface area contributed by atoms with Crippen molar-refractivity contribution in [1.82, 2.24) is 20.2 Å². The summed E-state index contributed by atoms with van der Waals surface area (Å²) >= 11 is 2.83. The number of nitrogens with zero attached hydrogens (tertiary/aromatic N) is 3. The number of carboxylic acid groups (broad SMARTS) is 1. The van der Waals surface area contributed by atoms with E-state index in [1.165, 1.54) is 28.7 Å². The molecule has 2 N–H and O–H groups in total. The maximum Gasteiger partial charge on any atom is 0.355 e. The molecular weight excluding hydrogens is 384 g/mol. The maximum absolute atomic E-state index is 12.2. The summed E-state index contributed by atoms with van der Waals surface area (Å²) in [7, 11) is 0. The smallest absolute Gasteiger partial charge is 0.355 e. The summed E-state index contributed by atoms with van der Waals surface area (Å²) in [6.07, 6.45) is 6.02. The second-order valence-electron chi connectivity index (χ2n) is 6.24. The number of nitrogens with one attached hydrogen (secondary N) is 1. The van der Waals surface area contributed by atoms with Crippen molar-refractivity contribution in [2.45, 2.75) is 29.6 Å². The molecule has 0 bridgehead atoms. The molecule has 1 aliphatic rings. The highest BCUT2D eigenvalue weighted by atomic mass is 32.2.